The Bertz CT molecular complexity index is 403. The minimum absolute atomic E-state index is 0.353. The number of aryl methyl sites for hydroxylation is 1. The first-order valence-electron chi connectivity index (χ1n) is 5.15. The summed E-state index contributed by atoms with van der Waals surface area (Å²) in [5.74, 6) is 0. The predicted octanol–water partition coefficient (Wildman–Crippen LogP) is 0.877. The average Bonchev–Trinajstić information content (AvgIpc) is 2.51. The normalized spacial score (nSPS) is 22.8. The number of nitrogens with zero attached hydrogens (tertiary/aromatic N) is 3. The second-order valence-electron chi connectivity index (χ2n) is 4.95. The summed E-state index contributed by atoms with van der Waals surface area (Å²) in [5.41, 5.74) is -0.0235. The number of hydrogen-bond acceptors (Lipinski definition) is 4. The van der Waals surface area contributed by atoms with E-state index in [1.807, 2.05) is 27.7 Å². The lowest BCUT2D eigenvalue weighted by molar-refractivity contribution is 0.00578. The van der Waals surface area contributed by atoms with Gasteiger partial charge in [0.15, 0.2) is 0 Å². The van der Waals surface area contributed by atoms with Gasteiger partial charge in [-0.3, -0.25) is 0 Å². The van der Waals surface area contributed by atoms with Gasteiger partial charge in [-0.15, -0.1) is 5.10 Å². The van der Waals surface area contributed by atoms with Crippen LogP contribution in [0, 0.1) is 0 Å². The van der Waals surface area contributed by atoms with Crippen LogP contribution in [0.1, 0.15) is 27.7 Å². The average molecular weight is 288 g/mol. The third-order valence-corrected chi connectivity index (χ3v) is 3.74. The zero-order valence-corrected chi connectivity index (χ0v) is 11.7. The molecule has 2 heterocycles. The second-order valence-corrected chi connectivity index (χ2v) is 5.70. The van der Waals surface area contributed by atoms with E-state index < -0.39 is 7.12 Å². The summed E-state index contributed by atoms with van der Waals surface area (Å²) in [6, 6.07) is 0. The molecule has 88 valence electrons. The largest absolute Gasteiger partial charge is 0.519 e. The first kappa shape index (κ1) is 12.1. The zero-order chi connectivity index (χ0) is 12.1. The third kappa shape index (κ3) is 1.81. The van der Waals surface area contributed by atoms with Crippen LogP contribution in [-0.2, 0) is 16.4 Å². The van der Waals surface area contributed by atoms with Crippen molar-refractivity contribution in [2.75, 3.05) is 0 Å². The van der Waals surface area contributed by atoms with Crippen molar-refractivity contribution in [2.24, 2.45) is 7.05 Å². The minimum Gasteiger partial charge on any atom is -0.398 e. The predicted molar refractivity (Wildman–Crippen MR) is 64.4 cm³/mol. The van der Waals surface area contributed by atoms with Crippen molar-refractivity contribution in [3.63, 3.8) is 0 Å². The van der Waals surface area contributed by atoms with Crippen LogP contribution in [-0.4, -0.2) is 33.3 Å². The molecule has 2 rings (SSSR count). The Hall–Kier alpha value is -0.395. The van der Waals surface area contributed by atoms with Gasteiger partial charge in [0.1, 0.15) is 10.2 Å². The van der Waals surface area contributed by atoms with Crippen LogP contribution in [0.2, 0.25) is 0 Å². The highest BCUT2D eigenvalue weighted by atomic mass is 79.9. The van der Waals surface area contributed by atoms with E-state index in [1.165, 1.54) is 4.80 Å². The van der Waals surface area contributed by atoms with Crippen LogP contribution in [0.15, 0.2) is 4.60 Å². The van der Waals surface area contributed by atoms with Crippen molar-refractivity contribution in [1.82, 2.24) is 15.0 Å². The molecule has 1 aliphatic heterocycles. The number of halogens is 1. The van der Waals surface area contributed by atoms with Crippen LogP contribution in [0.5, 0.6) is 0 Å². The van der Waals surface area contributed by atoms with Gasteiger partial charge in [-0.2, -0.15) is 9.90 Å². The lowest BCUT2D eigenvalue weighted by Gasteiger charge is -2.32. The molecule has 0 amide bonds. The van der Waals surface area contributed by atoms with Crippen molar-refractivity contribution < 1.29 is 9.31 Å². The van der Waals surface area contributed by atoms with Gasteiger partial charge in [0, 0.05) is 7.05 Å². The topological polar surface area (TPSA) is 49.2 Å². The van der Waals surface area contributed by atoms with Gasteiger partial charge in [0.05, 0.1) is 11.2 Å². The summed E-state index contributed by atoms with van der Waals surface area (Å²) < 4.78 is 12.4. The molecule has 0 aromatic carbocycles. The highest BCUT2D eigenvalue weighted by Gasteiger charge is 2.53. The maximum atomic E-state index is 5.88. The lowest BCUT2D eigenvalue weighted by Crippen LogP contribution is -2.41. The summed E-state index contributed by atoms with van der Waals surface area (Å²) in [7, 11) is 1.30. The maximum absolute atomic E-state index is 5.88. The van der Waals surface area contributed by atoms with Crippen molar-refractivity contribution in [1.29, 1.82) is 0 Å². The minimum atomic E-state index is -0.465. The first-order valence-corrected chi connectivity index (χ1v) is 5.94. The van der Waals surface area contributed by atoms with Gasteiger partial charge in [-0.25, -0.2) is 0 Å². The molecule has 1 aromatic rings. The standard InChI is InChI=1S/C9H15BBrN3O2/c1-8(2)9(3,4)16-10(15-8)6-7(11)13-14(5)12-6/h1-5H3. The Morgan fingerprint density at radius 1 is 1.12 bits per heavy atom. The van der Waals surface area contributed by atoms with Crippen molar-refractivity contribution in [3.05, 3.63) is 4.60 Å². The Labute approximate surface area is 104 Å². The molecule has 7 heteroatoms. The Kier molecular flexibility index (Phi) is 2.68. The zero-order valence-electron chi connectivity index (χ0n) is 10.1. The lowest BCUT2D eigenvalue weighted by atomic mass is 9.86. The third-order valence-electron chi connectivity index (χ3n) is 3.17. The molecule has 16 heavy (non-hydrogen) atoms. The molecule has 0 spiro atoms. The molecule has 0 saturated carbocycles. The van der Waals surface area contributed by atoms with E-state index in [2.05, 4.69) is 26.1 Å². The van der Waals surface area contributed by atoms with E-state index in [0.29, 0.717) is 10.2 Å². The van der Waals surface area contributed by atoms with Gasteiger partial charge in [-0.1, -0.05) is 0 Å². The molecule has 0 radical (unpaired) electrons. The molecule has 5 nitrogen and oxygen atoms in total. The highest BCUT2D eigenvalue weighted by Crippen LogP contribution is 2.36. The van der Waals surface area contributed by atoms with Crippen LogP contribution < -0.4 is 5.59 Å². The van der Waals surface area contributed by atoms with E-state index in [9.17, 15) is 0 Å². The van der Waals surface area contributed by atoms with Gasteiger partial charge in [0.2, 0.25) is 0 Å². The van der Waals surface area contributed by atoms with E-state index in [-0.39, 0.29) is 11.2 Å². The quantitative estimate of drug-likeness (QED) is 0.720. The van der Waals surface area contributed by atoms with Crippen LogP contribution in [0.25, 0.3) is 0 Å². The van der Waals surface area contributed by atoms with E-state index >= 15 is 0 Å². The molecule has 0 bridgehead atoms. The van der Waals surface area contributed by atoms with Crippen LogP contribution in [0.4, 0.5) is 0 Å². The molecule has 1 fully saturated rings. The smallest absolute Gasteiger partial charge is 0.398 e. The Morgan fingerprint density at radius 2 is 1.62 bits per heavy atom. The Morgan fingerprint density at radius 3 is 2.00 bits per heavy atom. The molecule has 0 unspecified atom stereocenters. The molecule has 0 atom stereocenters. The summed E-state index contributed by atoms with van der Waals surface area (Å²) >= 11 is 3.35. The van der Waals surface area contributed by atoms with Gasteiger partial charge in [-0.05, 0) is 43.6 Å². The summed E-state index contributed by atoms with van der Waals surface area (Å²) in [6.07, 6.45) is 0. The van der Waals surface area contributed by atoms with Crippen molar-refractivity contribution in [3.8, 4) is 0 Å². The summed E-state index contributed by atoms with van der Waals surface area (Å²) in [5, 5.41) is 8.35. The van der Waals surface area contributed by atoms with Gasteiger partial charge >= 0.3 is 7.12 Å². The fraction of sp³-hybridized carbons (Fsp3) is 0.778. The fourth-order valence-electron chi connectivity index (χ4n) is 1.50. The molecule has 0 aliphatic carbocycles. The molecule has 1 aliphatic rings. The molecule has 1 aromatic heterocycles. The van der Waals surface area contributed by atoms with Crippen LogP contribution >= 0.6 is 15.9 Å². The van der Waals surface area contributed by atoms with E-state index in [1.54, 1.807) is 7.05 Å². The number of rotatable bonds is 1. The molecule has 0 N–H and O–H groups in total. The molecular formula is C9H15BBrN3O2. The Balaban J connectivity index is 2.30. The van der Waals surface area contributed by atoms with Gasteiger partial charge < -0.3 is 9.31 Å². The maximum Gasteiger partial charge on any atom is 0.519 e. The van der Waals surface area contributed by atoms with Crippen molar-refractivity contribution >= 4 is 28.6 Å². The number of hydrogen-bond donors (Lipinski definition) is 0. The summed E-state index contributed by atoms with van der Waals surface area (Å²) in [6.45, 7) is 8.04. The van der Waals surface area contributed by atoms with E-state index in [0.717, 1.165) is 0 Å². The SMILES string of the molecule is Cn1nc(Br)c(B2OC(C)(C)C(C)(C)O2)n1. The van der Waals surface area contributed by atoms with Gasteiger partial charge in [0.25, 0.3) is 0 Å². The fourth-order valence-corrected chi connectivity index (χ4v) is 1.99. The first-order chi connectivity index (χ1) is 7.23. The summed E-state index contributed by atoms with van der Waals surface area (Å²) in [4.78, 5) is 1.49. The van der Waals surface area contributed by atoms with Crippen LogP contribution in [0.3, 0.4) is 0 Å². The second kappa shape index (κ2) is 3.55. The van der Waals surface area contributed by atoms with E-state index in [4.69, 9.17) is 9.31 Å². The van der Waals surface area contributed by atoms with Crippen molar-refractivity contribution in [2.45, 2.75) is 38.9 Å². The molecular weight excluding hydrogens is 273 g/mol. The monoisotopic (exact) mass is 287 g/mol. The molecule has 1 saturated heterocycles. The highest BCUT2D eigenvalue weighted by molar-refractivity contribution is 9.10. The number of aromatic nitrogens is 3.